The van der Waals surface area contributed by atoms with Gasteiger partial charge in [-0.25, -0.2) is 0 Å². The fraction of sp³-hybridized carbons (Fsp3) is 0.929. The van der Waals surface area contributed by atoms with Gasteiger partial charge >= 0.3 is 5.97 Å². The maximum Gasteiger partial charge on any atom is 0.323 e. The molecule has 18 heavy (non-hydrogen) atoms. The van der Waals surface area contributed by atoms with Crippen LogP contribution in [-0.2, 0) is 9.53 Å². The van der Waals surface area contributed by atoms with Crippen molar-refractivity contribution in [1.29, 1.82) is 0 Å². The first kappa shape index (κ1) is 15.4. The minimum atomic E-state index is -0.169. The molecular formula is C14H28N2O2. The zero-order valence-corrected chi connectivity index (χ0v) is 11.8. The lowest BCUT2D eigenvalue weighted by Crippen LogP contribution is -2.41. The standard InChI is InChI=1S/C14H28N2O2/c1-11(2)10-13(16-9-5-8-15)14(17)18-12-6-3-4-7-12/h11-13,16H,3-10,15H2,1-2H3/t13-/m1/s1. The Hall–Kier alpha value is -0.610. The largest absolute Gasteiger partial charge is 0.461 e. The van der Waals surface area contributed by atoms with E-state index >= 15 is 0 Å². The van der Waals surface area contributed by atoms with Gasteiger partial charge in [-0.05, 0) is 57.5 Å². The van der Waals surface area contributed by atoms with Crippen molar-refractivity contribution < 1.29 is 9.53 Å². The summed E-state index contributed by atoms with van der Waals surface area (Å²) in [5, 5.41) is 3.27. The molecule has 4 heteroatoms. The van der Waals surface area contributed by atoms with Gasteiger partial charge in [0.1, 0.15) is 12.1 Å². The van der Waals surface area contributed by atoms with Crippen LogP contribution >= 0.6 is 0 Å². The zero-order valence-electron chi connectivity index (χ0n) is 11.8. The van der Waals surface area contributed by atoms with Gasteiger partial charge in [0.05, 0.1) is 0 Å². The molecular weight excluding hydrogens is 228 g/mol. The highest BCUT2D eigenvalue weighted by molar-refractivity contribution is 5.76. The Labute approximate surface area is 111 Å². The molecule has 1 atom stereocenters. The van der Waals surface area contributed by atoms with Gasteiger partial charge in [-0.2, -0.15) is 0 Å². The topological polar surface area (TPSA) is 64.3 Å². The number of hydrogen-bond acceptors (Lipinski definition) is 4. The number of carbonyl (C=O) groups excluding carboxylic acids is 1. The van der Waals surface area contributed by atoms with E-state index in [2.05, 4.69) is 19.2 Å². The van der Waals surface area contributed by atoms with Crippen LogP contribution in [0, 0.1) is 5.92 Å². The van der Waals surface area contributed by atoms with E-state index in [1.807, 2.05) is 0 Å². The average Bonchev–Trinajstić information content (AvgIpc) is 2.80. The molecule has 0 unspecified atom stereocenters. The first-order valence-electron chi connectivity index (χ1n) is 7.27. The summed E-state index contributed by atoms with van der Waals surface area (Å²) in [6.45, 7) is 5.69. The Bertz CT molecular complexity index is 238. The summed E-state index contributed by atoms with van der Waals surface area (Å²) in [5.74, 6) is 0.407. The Kier molecular flexibility index (Phi) is 7.28. The van der Waals surface area contributed by atoms with Crippen LogP contribution in [0.1, 0.15) is 52.4 Å². The van der Waals surface area contributed by atoms with E-state index in [0.717, 1.165) is 32.2 Å². The van der Waals surface area contributed by atoms with Crippen molar-refractivity contribution >= 4 is 5.97 Å². The lowest BCUT2D eigenvalue weighted by Gasteiger charge is -2.21. The highest BCUT2D eigenvalue weighted by Gasteiger charge is 2.25. The number of esters is 1. The van der Waals surface area contributed by atoms with Gasteiger partial charge in [0, 0.05) is 0 Å². The van der Waals surface area contributed by atoms with Gasteiger partial charge in [-0.1, -0.05) is 13.8 Å². The van der Waals surface area contributed by atoms with E-state index in [1.54, 1.807) is 0 Å². The fourth-order valence-electron chi connectivity index (χ4n) is 2.37. The molecule has 0 amide bonds. The van der Waals surface area contributed by atoms with E-state index in [4.69, 9.17) is 10.5 Å². The summed E-state index contributed by atoms with van der Waals surface area (Å²) in [5.41, 5.74) is 5.47. The van der Waals surface area contributed by atoms with E-state index in [9.17, 15) is 4.79 Å². The summed E-state index contributed by atoms with van der Waals surface area (Å²) >= 11 is 0. The van der Waals surface area contributed by atoms with Crippen LogP contribution in [0.4, 0.5) is 0 Å². The predicted octanol–water partition coefficient (Wildman–Crippen LogP) is 1.83. The summed E-state index contributed by atoms with van der Waals surface area (Å²) in [6, 6.07) is -0.169. The highest BCUT2D eigenvalue weighted by Crippen LogP contribution is 2.22. The lowest BCUT2D eigenvalue weighted by atomic mass is 10.0. The molecule has 0 bridgehead atoms. The second-order valence-electron chi connectivity index (χ2n) is 5.62. The van der Waals surface area contributed by atoms with Crippen molar-refractivity contribution in [2.24, 2.45) is 11.7 Å². The molecule has 0 radical (unpaired) electrons. The van der Waals surface area contributed by atoms with Gasteiger partial charge in [-0.15, -0.1) is 0 Å². The fourth-order valence-corrected chi connectivity index (χ4v) is 2.37. The first-order chi connectivity index (χ1) is 8.63. The normalized spacial score (nSPS) is 18.2. The first-order valence-corrected chi connectivity index (χ1v) is 7.27. The monoisotopic (exact) mass is 256 g/mol. The van der Waals surface area contributed by atoms with Gasteiger partial charge < -0.3 is 15.8 Å². The Morgan fingerprint density at radius 2 is 2.06 bits per heavy atom. The van der Waals surface area contributed by atoms with Crippen molar-refractivity contribution in [3.63, 3.8) is 0 Å². The van der Waals surface area contributed by atoms with Crippen LogP contribution in [0.15, 0.2) is 0 Å². The van der Waals surface area contributed by atoms with Crippen LogP contribution in [0.25, 0.3) is 0 Å². The minimum absolute atomic E-state index is 0.0763. The number of ether oxygens (including phenoxy) is 1. The number of nitrogens with one attached hydrogen (secondary N) is 1. The van der Waals surface area contributed by atoms with Crippen molar-refractivity contribution in [2.45, 2.75) is 64.5 Å². The molecule has 1 rings (SSSR count). The molecule has 0 spiro atoms. The quantitative estimate of drug-likeness (QED) is 0.513. The number of rotatable bonds is 8. The van der Waals surface area contributed by atoms with E-state index < -0.39 is 0 Å². The van der Waals surface area contributed by atoms with Gasteiger partial charge in [0.25, 0.3) is 0 Å². The minimum Gasteiger partial charge on any atom is -0.461 e. The molecule has 1 aliphatic carbocycles. The zero-order chi connectivity index (χ0) is 13.4. The molecule has 0 aliphatic heterocycles. The molecule has 0 saturated heterocycles. The molecule has 1 saturated carbocycles. The molecule has 106 valence electrons. The highest BCUT2D eigenvalue weighted by atomic mass is 16.5. The van der Waals surface area contributed by atoms with Crippen LogP contribution in [-0.4, -0.2) is 31.2 Å². The Morgan fingerprint density at radius 3 is 2.61 bits per heavy atom. The third kappa shape index (κ3) is 5.83. The molecule has 3 N–H and O–H groups in total. The Morgan fingerprint density at radius 1 is 1.39 bits per heavy atom. The number of hydrogen-bond donors (Lipinski definition) is 2. The van der Waals surface area contributed by atoms with E-state index in [-0.39, 0.29) is 18.1 Å². The third-order valence-corrected chi connectivity index (χ3v) is 3.35. The number of carbonyl (C=O) groups is 1. The second kappa shape index (κ2) is 8.48. The molecule has 4 nitrogen and oxygen atoms in total. The lowest BCUT2D eigenvalue weighted by molar-refractivity contribution is -0.151. The predicted molar refractivity (Wildman–Crippen MR) is 73.3 cm³/mol. The molecule has 0 aromatic rings. The summed E-state index contributed by atoms with van der Waals surface area (Å²) in [7, 11) is 0. The van der Waals surface area contributed by atoms with Crippen molar-refractivity contribution in [1.82, 2.24) is 5.32 Å². The van der Waals surface area contributed by atoms with Gasteiger partial charge in [0.2, 0.25) is 0 Å². The number of nitrogens with two attached hydrogens (primary N) is 1. The van der Waals surface area contributed by atoms with E-state index in [1.165, 1.54) is 12.8 Å². The molecule has 0 aromatic carbocycles. The van der Waals surface area contributed by atoms with Crippen LogP contribution in [0.2, 0.25) is 0 Å². The van der Waals surface area contributed by atoms with Gasteiger partial charge in [0.15, 0.2) is 0 Å². The SMILES string of the molecule is CC(C)C[C@@H](NCCCN)C(=O)OC1CCCC1. The maximum atomic E-state index is 12.1. The summed E-state index contributed by atoms with van der Waals surface area (Å²) < 4.78 is 5.57. The average molecular weight is 256 g/mol. The molecule has 1 fully saturated rings. The van der Waals surface area contributed by atoms with Crippen LogP contribution in [0.5, 0.6) is 0 Å². The molecule has 1 aliphatic rings. The van der Waals surface area contributed by atoms with Crippen LogP contribution in [0.3, 0.4) is 0 Å². The Balaban J connectivity index is 2.38. The van der Waals surface area contributed by atoms with Gasteiger partial charge in [-0.3, -0.25) is 4.79 Å². The smallest absolute Gasteiger partial charge is 0.323 e. The third-order valence-electron chi connectivity index (χ3n) is 3.35. The van der Waals surface area contributed by atoms with E-state index in [0.29, 0.717) is 12.5 Å². The van der Waals surface area contributed by atoms with Crippen LogP contribution < -0.4 is 11.1 Å². The van der Waals surface area contributed by atoms with Crippen molar-refractivity contribution in [3.8, 4) is 0 Å². The maximum absolute atomic E-state index is 12.1. The molecule has 0 aromatic heterocycles. The van der Waals surface area contributed by atoms with Crippen molar-refractivity contribution in [2.75, 3.05) is 13.1 Å². The summed E-state index contributed by atoms with van der Waals surface area (Å²) in [6.07, 6.45) is 6.32. The summed E-state index contributed by atoms with van der Waals surface area (Å²) in [4.78, 5) is 12.1. The van der Waals surface area contributed by atoms with Crippen molar-refractivity contribution in [3.05, 3.63) is 0 Å². The second-order valence-corrected chi connectivity index (χ2v) is 5.62. The molecule has 0 heterocycles.